The molecule has 0 saturated carbocycles. The molecule has 100 valence electrons. The molecule has 0 aliphatic heterocycles. The van der Waals surface area contributed by atoms with Crippen LogP contribution in [0.15, 0.2) is 0 Å². The molecule has 0 radical (unpaired) electrons. The van der Waals surface area contributed by atoms with Crippen molar-refractivity contribution in [1.29, 1.82) is 0 Å². The maximum atomic E-state index is 5.55. The van der Waals surface area contributed by atoms with Crippen LogP contribution in [0, 0.1) is 22.7 Å². The van der Waals surface area contributed by atoms with Gasteiger partial charge in [0, 0.05) is 19.4 Å². The minimum absolute atomic E-state index is 0.373. The van der Waals surface area contributed by atoms with Crippen LogP contribution >= 0.6 is 0 Å². The van der Waals surface area contributed by atoms with E-state index in [9.17, 15) is 0 Å². The lowest BCUT2D eigenvalue weighted by Crippen LogP contribution is -2.09. The van der Waals surface area contributed by atoms with Gasteiger partial charge in [-0.15, -0.1) is 11.8 Å². The van der Waals surface area contributed by atoms with Crippen LogP contribution in [0.1, 0.15) is 67.2 Å². The maximum Gasteiger partial charge on any atom is 0.0575 e. The quantitative estimate of drug-likeness (QED) is 0.500. The Balaban J connectivity index is 3.38. The lowest BCUT2D eigenvalue weighted by atomic mass is 9.91. The van der Waals surface area contributed by atoms with E-state index in [-0.39, 0.29) is 0 Å². The van der Waals surface area contributed by atoms with Crippen molar-refractivity contribution in [2.24, 2.45) is 10.8 Å². The third-order valence-electron chi connectivity index (χ3n) is 2.49. The Kier molecular flexibility index (Phi) is 7.55. The highest BCUT2D eigenvalue weighted by molar-refractivity contribution is 4.99. The average Bonchev–Trinajstić information content (AvgIpc) is 2.11. The standard InChI is InChI=1S/C16H30O/c1-15(2,3)11-9-7-8-10-13-17-14-12-16(4,5)6/h9-14H2,1-6H3. The summed E-state index contributed by atoms with van der Waals surface area (Å²) in [5.41, 5.74) is 0.774. The van der Waals surface area contributed by atoms with E-state index in [0.29, 0.717) is 10.8 Å². The fourth-order valence-corrected chi connectivity index (χ4v) is 1.22. The van der Waals surface area contributed by atoms with Crippen molar-refractivity contribution in [3.05, 3.63) is 0 Å². The van der Waals surface area contributed by atoms with Crippen molar-refractivity contribution in [2.45, 2.75) is 67.2 Å². The zero-order chi connectivity index (χ0) is 13.4. The van der Waals surface area contributed by atoms with Crippen LogP contribution in [0.4, 0.5) is 0 Å². The van der Waals surface area contributed by atoms with Gasteiger partial charge in [-0.3, -0.25) is 0 Å². The van der Waals surface area contributed by atoms with Crippen molar-refractivity contribution in [3.63, 3.8) is 0 Å². The summed E-state index contributed by atoms with van der Waals surface area (Å²) in [6.45, 7) is 15.1. The van der Waals surface area contributed by atoms with E-state index in [1.807, 2.05) is 0 Å². The van der Waals surface area contributed by atoms with Gasteiger partial charge in [0.25, 0.3) is 0 Å². The minimum Gasteiger partial charge on any atom is -0.380 e. The molecule has 0 rings (SSSR count). The Morgan fingerprint density at radius 3 is 1.76 bits per heavy atom. The molecule has 0 unspecified atom stereocenters. The molecule has 17 heavy (non-hydrogen) atoms. The molecular formula is C16H30O. The van der Waals surface area contributed by atoms with Crippen molar-refractivity contribution in [3.8, 4) is 11.8 Å². The molecule has 1 nitrogen and oxygen atoms in total. The Hall–Kier alpha value is -0.480. The van der Waals surface area contributed by atoms with Crippen molar-refractivity contribution in [2.75, 3.05) is 13.2 Å². The molecule has 1 heteroatoms. The molecule has 0 aromatic carbocycles. The largest absolute Gasteiger partial charge is 0.380 e. The van der Waals surface area contributed by atoms with Gasteiger partial charge < -0.3 is 4.74 Å². The van der Waals surface area contributed by atoms with E-state index in [4.69, 9.17) is 4.74 Å². The van der Waals surface area contributed by atoms with E-state index in [2.05, 4.69) is 53.4 Å². The SMILES string of the molecule is CC(C)(C)CCC#CCCOCCC(C)(C)C. The Bertz CT molecular complexity index is 241. The predicted octanol–water partition coefficient (Wildman–Crippen LogP) is 4.66. The minimum atomic E-state index is 0.373. The van der Waals surface area contributed by atoms with Gasteiger partial charge in [-0.2, -0.15) is 0 Å². The van der Waals surface area contributed by atoms with Crippen LogP contribution in [0.5, 0.6) is 0 Å². The van der Waals surface area contributed by atoms with Gasteiger partial charge in [-0.25, -0.2) is 0 Å². The summed E-state index contributed by atoms with van der Waals surface area (Å²) < 4.78 is 5.55. The van der Waals surface area contributed by atoms with Gasteiger partial charge in [-0.05, 0) is 23.7 Å². The molecular weight excluding hydrogens is 208 g/mol. The fraction of sp³-hybridized carbons (Fsp3) is 0.875. The van der Waals surface area contributed by atoms with Gasteiger partial charge >= 0.3 is 0 Å². The highest BCUT2D eigenvalue weighted by Gasteiger charge is 2.09. The van der Waals surface area contributed by atoms with Gasteiger partial charge in [0.1, 0.15) is 0 Å². The molecule has 0 aliphatic carbocycles. The van der Waals surface area contributed by atoms with Crippen LogP contribution in [-0.2, 0) is 4.74 Å². The number of rotatable bonds is 5. The van der Waals surface area contributed by atoms with Gasteiger partial charge in [0.2, 0.25) is 0 Å². The summed E-state index contributed by atoms with van der Waals surface area (Å²) in [7, 11) is 0. The number of ether oxygens (including phenoxy) is 1. The smallest absolute Gasteiger partial charge is 0.0575 e. The average molecular weight is 238 g/mol. The fourth-order valence-electron chi connectivity index (χ4n) is 1.22. The van der Waals surface area contributed by atoms with E-state index in [0.717, 1.165) is 32.5 Å². The second-order valence-electron chi connectivity index (χ2n) is 7.09. The number of hydrogen-bond acceptors (Lipinski definition) is 1. The zero-order valence-electron chi connectivity index (χ0n) is 12.7. The highest BCUT2D eigenvalue weighted by atomic mass is 16.5. The van der Waals surface area contributed by atoms with E-state index >= 15 is 0 Å². The van der Waals surface area contributed by atoms with Crippen LogP contribution in [0.25, 0.3) is 0 Å². The Morgan fingerprint density at radius 2 is 1.24 bits per heavy atom. The maximum absolute atomic E-state index is 5.55. The summed E-state index contributed by atoms with van der Waals surface area (Å²) in [5, 5.41) is 0. The molecule has 0 spiro atoms. The van der Waals surface area contributed by atoms with Gasteiger partial charge in [0.15, 0.2) is 0 Å². The highest BCUT2D eigenvalue weighted by Crippen LogP contribution is 2.19. The second-order valence-corrected chi connectivity index (χ2v) is 7.09. The van der Waals surface area contributed by atoms with Crippen molar-refractivity contribution >= 4 is 0 Å². The monoisotopic (exact) mass is 238 g/mol. The summed E-state index contributed by atoms with van der Waals surface area (Å²) in [6, 6.07) is 0. The lowest BCUT2D eigenvalue weighted by Gasteiger charge is -2.17. The first-order chi connectivity index (χ1) is 7.71. The first kappa shape index (κ1) is 16.5. The molecule has 0 aromatic heterocycles. The first-order valence-electron chi connectivity index (χ1n) is 6.74. The Labute approximate surface area is 108 Å². The third-order valence-corrected chi connectivity index (χ3v) is 2.49. The molecule has 0 N–H and O–H groups in total. The van der Waals surface area contributed by atoms with Crippen LogP contribution in [-0.4, -0.2) is 13.2 Å². The van der Waals surface area contributed by atoms with Crippen molar-refractivity contribution < 1.29 is 4.74 Å². The van der Waals surface area contributed by atoms with Gasteiger partial charge in [0.05, 0.1) is 6.61 Å². The summed E-state index contributed by atoms with van der Waals surface area (Å²) >= 11 is 0. The second kappa shape index (κ2) is 7.77. The van der Waals surface area contributed by atoms with E-state index in [1.54, 1.807) is 0 Å². The van der Waals surface area contributed by atoms with Crippen LogP contribution < -0.4 is 0 Å². The van der Waals surface area contributed by atoms with E-state index < -0.39 is 0 Å². The number of hydrogen-bond donors (Lipinski definition) is 0. The molecule has 0 atom stereocenters. The summed E-state index contributed by atoms with van der Waals surface area (Å²) in [6.07, 6.45) is 4.16. The zero-order valence-corrected chi connectivity index (χ0v) is 12.7. The summed E-state index contributed by atoms with van der Waals surface area (Å²) in [4.78, 5) is 0. The van der Waals surface area contributed by atoms with Crippen LogP contribution in [0.3, 0.4) is 0 Å². The molecule has 0 saturated heterocycles. The molecule has 0 heterocycles. The molecule has 0 bridgehead atoms. The predicted molar refractivity (Wildman–Crippen MR) is 76.0 cm³/mol. The normalized spacial score (nSPS) is 12.1. The molecule has 0 aromatic rings. The first-order valence-corrected chi connectivity index (χ1v) is 6.74. The molecule has 0 aliphatic rings. The van der Waals surface area contributed by atoms with Crippen molar-refractivity contribution in [1.82, 2.24) is 0 Å². The molecule has 0 amide bonds. The van der Waals surface area contributed by atoms with Gasteiger partial charge in [-0.1, -0.05) is 41.5 Å². The lowest BCUT2D eigenvalue weighted by molar-refractivity contribution is 0.113. The topological polar surface area (TPSA) is 9.23 Å². The summed E-state index contributed by atoms with van der Waals surface area (Å²) in [5.74, 6) is 6.40. The molecule has 0 fully saturated rings. The van der Waals surface area contributed by atoms with E-state index in [1.165, 1.54) is 6.42 Å². The third kappa shape index (κ3) is 15.5. The Morgan fingerprint density at radius 1 is 0.706 bits per heavy atom. The van der Waals surface area contributed by atoms with Crippen LogP contribution in [0.2, 0.25) is 0 Å².